The third kappa shape index (κ3) is 2.86. The zero-order valence-electron chi connectivity index (χ0n) is 15.9. The van der Waals surface area contributed by atoms with Crippen LogP contribution in [0.2, 0.25) is 0 Å². The van der Waals surface area contributed by atoms with Crippen molar-refractivity contribution in [1.29, 1.82) is 0 Å². The van der Waals surface area contributed by atoms with Crippen LogP contribution in [0.25, 0.3) is 10.2 Å². The van der Waals surface area contributed by atoms with Gasteiger partial charge in [-0.25, -0.2) is 4.98 Å². The third-order valence-electron chi connectivity index (χ3n) is 5.53. The van der Waals surface area contributed by atoms with Crippen LogP contribution in [-0.4, -0.2) is 48.8 Å². The standard InChI is InChI=1S/C21H21N3O3S/c1-13-3-6-18-19(14(13)2)22-21(28-18)24-9-7-23(8-10-24)20(25)15-4-5-16-17(11-15)27-12-26-16/h3-6,11H,7-10,12H2,1-2H3. The fourth-order valence-corrected chi connectivity index (χ4v) is 4.74. The van der Waals surface area contributed by atoms with Crippen molar-refractivity contribution in [1.82, 2.24) is 9.88 Å². The number of fused-ring (bicyclic) bond motifs is 2. The van der Waals surface area contributed by atoms with E-state index in [1.165, 1.54) is 15.8 Å². The van der Waals surface area contributed by atoms with Crippen LogP contribution in [0.1, 0.15) is 21.5 Å². The molecule has 144 valence electrons. The zero-order valence-corrected chi connectivity index (χ0v) is 16.7. The monoisotopic (exact) mass is 395 g/mol. The minimum absolute atomic E-state index is 0.0359. The van der Waals surface area contributed by atoms with Crippen LogP contribution in [0.3, 0.4) is 0 Å². The maximum Gasteiger partial charge on any atom is 0.254 e. The highest BCUT2D eigenvalue weighted by atomic mass is 32.1. The quantitative estimate of drug-likeness (QED) is 0.664. The van der Waals surface area contributed by atoms with Crippen molar-refractivity contribution >= 4 is 32.6 Å². The molecule has 1 saturated heterocycles. The fourth-order valence-electron chi connectivity index (χ4n) is 3.66. The molecule has 2 aromatic carbocycles. The molecule has 7 heteroatoms. The fraction of sp³-hybridized carbons (Fsp3) is 0.333. The van der Waals surface area contributed by atoms with Gasteiger partial charge in [-0.15, -0.1) is 0 Å². The summed E-state index contributed by atoms with van der Waals surface area (Å²) < 4.78 is 11.9. The number of amides is 1. The number of rotatable bonds is 2. The number of piperazine rings is 1. The number of aromatic nitrogens is 1. The second-order valence-electron chi connectivity index (χ2n) is 7.20. The summed E-state index contributed by atoms with van der Waals surface area (Å²) in [4.78, 5) is 21.9. The van der Waals surface area contributed by atoms with Gasteiger partial charge in [-0.3, -0.25) is 4.79 Å². The molecule has 1 aromatic heterocycles. The Morgan fingerprint density at radius 1 is 1.04 bits per heavy atom. The molecule has 0 saturated carbocycles. The molecule has 1 fully saturated rings. The first-order valence-electron chi connectivity index (χ1n) is 9.41. The molecule has 6 nitrogen and oxygen atoms in total. The molecule has 28 heavy (non-hydrogen) atoms. The number of carbonyl (C=O) groups is 1. The van der Waals surface area contributed by atoms with E-state index >= 15 is 0 Å². The average Bonchev–Trinajstić information content (AvgIpc) is 3.37. The van der Waals surface area contributed by atoms with Gasteiger partial charge in [0.15, 0.2) is 16.6 Å². The number of hydrogen-bond donors (Lipinski definition) is 0. The highest BCUT2D eigenvalue weighted by molar-refractivity contribution is 7.22. The Kier molecular flexibility index (Phi) is 4.12. The van der Waals surface area contributed by atoms with E-state index < -0.39 is 0 Å². The van der Waals surface area contributed by atoms with E-state index in [2.05, 4.69) is 30.9 Å². The van der Waals surface area contributed by atoms with Gasteiger partial charge in [0, 0.05) is 31.7 Å². The molecule has 0 unspecified atom stereocenters. The predicted octanol–water partition coefficient (Wildman–Crippen LogP) is 3.60. The highest BCUT2D eigenvalue weighted by Gasteiger charge is 2.25. The molecule has 0 bridgehead atoms. The van der Waals surface area contributed by atoms with Crippen LogP contribution < -0.4 is 14.4 Å². The molecule has 0 atom stereocenters. The lowest BCUT2D eigenvalue weighted by molar-refractivity contribution is 0.0746. The molecule has 0 aliphatic carbocycles. The zero-order chi connectivity index (χ0) is 19.3. The molecule has 0 spiro atoms. The number of anilines is 1. The lowest BCUT2D eigenvalue weighted by atomic mass is 10.1. The number of aryl methyl sites for hydroxylation is 2. The maximum atomic E-state index is 12.9. The summed E-state index contributed by atoms with van der Waals surface area (Å²) in [6.07, 6.45) is 0. The summed E-state index contributed by atoms with van der Waals surface area (Å²) in [7, 11) is 0. The molecule has 1 amide bonds. The smallest absolute Gasteiger partial charge is 0.254 e. The van der Waals surface area contributed by atoms with E-state index in [0.717, 1.165) is 23.7 Å². The summed E-state index contributed by atoms with van der Waals surface area (Å²) in [6.45, 7) is 7.40. The van der Waals surface area contributed by atoms with Crippen LogP contribution >= 0.6 is 11.3 Å². The second-order valence-corrected chi connectivity index (χ2v) is 8.21. The lowest BCUT2D eigenvalue weighted by Crippen LogP contribution is -2.48. The Morgan fingerprint density at radius 2 is 1.82 bits per heavy atom. The molecule has 0 radical (unpaired) electrons. The van der Waals surface area contributed by atoms with Crippen molar-refractivity contribution in [2.45, 2.75) is 13.8 Å². The van der Waals surface area contributed by atoms with Gasteiger partial charge in [-0.2, -0.15) is 0 Å². The van der Waals surface area contributed by atoms with E-state index in [1.807, 2.05) is 4.90 Å². The number of thiazole rings is 1. The van der Waals surface area contributed by atoms with Crippen LogP contribution in [0.5, 0.6) is 11.5 Å². The second kappa shape index (κ2) is 6.67. The van der Waals surface area contributed by atoms with Crippen LogP contribution in [0.15, 0.2) is 30.3 Å². The third-order valence-corrected chi connectivity index (χ3v) is 6.61. The summed E-state index contributed by atoms with van der Waals surface area (Å²) in [5.41, 5.74) is 4.25. The molecule has 5 rings (SSSR count). The number of benzene rings is 2. The SMILES string of the molecule is Cc1ccc2sc(N3CCN(C(=O)c4ccc5c(c4)OCO5)CC3)nc2c1C. The van der Waals surface area contributed by atoms with Crippen LogP contribution in [0.4, 0.5) is 5.13 Å². The first-order valence-corrected chi connectivity index (χ1v) is 10.2. The summed E-state index contributed by atoms with van der Waals surface area (Å²) in [5.74, 6) is 1.38. The normalized spacial score (nSPS) is 16.1. The number of carbonyl (C=O) groups excluding carboxylic acids is 1. The topological polar surface area (TPSA) is 54.9 Å². The van der Waals surface area contributed by atoms with E-state index in [9.17, 15) is 4.79 Å². The molecule has 3 heterocycles. The van der Waals surface area contributed by atoms with Crippen molar-refractivity contribution in [3.8, 4) is 11.5 Å². The number of ether oxygens (including phenoxy) is 2. The molecular formula is C21H21N3O3S. The Labute approximate surface area is 167 Å². The molecule has 2 aliphatic heterocycles. The average molecular weight is 395 g/mol. The summed E-state index contributed by atoms with van der Waals surface area (Å²) in [6, 6.07) is 9.69. The largest absolute Gasteiger partial charge is 0.454 e. The minimum atomic E-state index is 0.0359. The van der Waals surface area contributed by atoms with E-state index in [1.54, 1.807) is 29.5 Å². The number of hydrogen-bond acceptors (Lipinski definition) is 6. The van der Waals surface area contributed by atoms with E-state index in [0.29, 0.717) is 30.2 Å². The molecule has 2 aliphatic rings. The highest BCUT2D eigenvalue weighted by Crippen LogP contribution is 2.34. The van der Waals surface area contributed by atoms with Gasteiger partial charge in [-0.1, -0.05) is 17.4 Å². The van der Waals surface area contributed by atoms with Crippen molar-refractivity contribution in [2.24, 2.45) is 0 Å². The van der Waals surface area contributed by atoms with Gasteiger partial charge in [0.25, 0.3) is 5.91 Å². The van der Waals surface area contributed by atoms with Crippen LogP contribution in [-0.2, 0) is 0 Å². The Hall–Kier alpha value is -2.80. The van der Waals surface area contributed by atoms with E-state index in [4.69, 9.17) is 14.5 Å². The summed E-state index contributed by atoms with van der Waals surface area (Å²) in [5, 5.41) is 1.04. The lowest BCUT2D eigenvalue weighted by Gasteiger charge is -2.34. The van der Waals surface area contributed by atoms with Gasteiger partial charge in [0.2, 0.25) is 6.79 Å². The maximum absolute atomic E-state index is 12.9. The van der Waals surface area contributed by atoms with Crippen molar-refractivity contribution < 1.29 is 14.3 Å². The predicted molar refractivity (Wildman–Crippen MR) is 110 cm³/mol. The van der Waals surface area contributed by atoms with Gasteiger partial charge < -0.3 is 19.3 Å². The molecule has 0 N–H and O–H groups in total. The molecule has 3 aromatic rings. The first kappa shape index (κ1) is 17.3. The van der Waals surface area contributed by atoms with Gasteiger partial charge >= 0.3 is 0 Å². The number of nitrogens with zero attached hydrogens (tertiary/aromatic N) is 3. The van der Waals surface area contributed by atoms with Crippen LogP contribution in [0, 0.1) is 13.8 Å². The minimum Gasteiger partial charge on any atom is -0.454 e. The van der Waals surface area contributed by atoms with Gasteiger partial charge in [0.1, 0.15) is 0 Å². The Balaban J connectivity index is 1.30. The Bertz CT molecular complexity index is 1070. The van der Waals surface area contributed by atoms with E-state index in [-0.39, 0.29) is 12.7 Å². The van der Waals surface area contributed by atoms with Crippen molar-refractivity contribution in [3.63, 3.8) is 0 Å². The first-order chi connectivity index (χ1) is 13.6. The van der Waals surface area contributed by atoms with Crippen molar-refractivity contribution in [2.75, 3.05) is 37.9 Å². The van der Waals surface area contributed by atoms with Gasteiger partial charge in [0.05, 0.1) is 10.2 Å². The molecular weight excluding hydrogens is 374 g/mol. The summed E-state index contributed by atoms with van der Waals surface area (Å²) >= 11 is 1.73. The van der Waals surface area contributed by atoms with Gasteiger partial charge in [-0.05, 0) is 49.2 Å². The Morgan fingerprint density at radius 3 is 2.64 bits per heavy atom. The van der Waals surface area contributed by atoms with Crippen molar-refractivity contribution in [3.05, 3.63) is 47.0 Å².